The normalized spacial score (nSPS) is 34.8. The van der Waals surface area contributed by atoms with Gasteiger partial charge in [-0.25, -0.2) is 0 Å². The average Bonchev–Trinajstić information content (AvgIpc) is 2.93. The lowest BCUT2D eigenvalue weighted by Crippen LogP contribution is -2.49. The molecule has 0 radical (unpaired) electrons. The highest BCUT2D eigenvalue weighted by molar-refractivity contribution is 8.13. The Bertz CT molecular complexity index is 873. The maximum absolute atomic E-state index is 13.8. The third-order valence-corrected chi connectivity index (χ3v) is 8.06. The first kappa shape index (κ1) is 19.8. The zero-order chi connectivity index (χ0) is 20.1. The van der Waals surface area contributed by atoms with Crippen LogP contribution in [0.2, 0.25) is 0 Å². The lowest BCUT2D eigenvalue weighted by Gasteiger charge is -2.44. The fourth-order valence-corrected chi connectivity index (χ4v) is 6.82. The molecule has 1 heterocycles. The summed E-state index contributed by atoms with van der Waals surface area (Å²) in [6, 6.07) is 6.26. The quantitative estimate of drug-likeness (QED) is 0.599. The number of benzene rings is 1. The second-order valence-electron chi connectivity index (χ2n) is 8.96. The molecule has 1 aromatic rings. The largest absolute Gasteiger partial charge is 0.496 e. The maximum atomic E-state index is 13.8. The summed E-state index contributed by atoms with van der Waals surface area (Å²) in [4.78, 5) is 19.0. The van der Waals surface area contributed by atoms with E-state index in [4.69, 9.17) is 9.73 Å². The Balaban J connectivity index is 1.82. The lowest BCUT2D eigenvalue weighted by atomic mass is 9.58. The van der Waals surface area contributed by atoms with E-state index in [1.54, 1.807) is 18.9 Å². The molecule has 3 aliphatic rings. The summed E-state index contributed by atoms with van der Waals surface area (Å²) in [6.45, 7) is 6.56. The Morgan fingerprint density at radius 3 is 2.75 bits per heavy atom. The fraction of sp³-hybridized carbons (Fsp3) is 0.583. The number of ketones is 1. The monoisotopic (exact) mass is 397 g/mol. The molecule has 0 saturated heterocycles. The minimum Gasteiger partial charge on any atom is -0.496 e. The van der Waals surface area contributed by atoms with Crippen molar-refractivity contribution in [3.8, 4) is 5.75 Å². The number of aryl methyl sites for hydroxylation is 1. The van der Waals surface area contributed by atoms with Crippen molar-refractivity contribution in [2.45, 2.75) is 64.3 Å². The van der Waals surface area contributed by atoms with E-state index in [1.807, 2.05) is 6.07 Å². The molecule has 1 saturated carbocycles. The van der Waals surface area contributed by atoms with Crippen molar-refractivity contribution in [3.63, 3.8) is 0 Å². The molecular weight excluding hydrogens is 366 g/mol. The molecule has 0 N–H and O–H groups in total. The number of aliphatic imine (C=N–C) groups is 1. The molecule has 0 amide bonds. The fourth-order valence-electron chi connectivity index (χ4n) is 5.87. The number of hydrogen-bond acceptors (Lipinski definition) is 4. The standard InChI is InChI=1S/C24H31NO2S/c1-15-9-10-19(27-4)18(12-15)17-13-21(26)24(14-16(17)2)20-8-6-7-11-23(20,3)25-22(24)28-5/h9-10,12,14,17,20H,6-8,11,13H2,1-5H3/t17-,20+,23-,24-/m1/s1. The van der Waals surface area contributed by atoms with E-state index in [2.05, 4.69) is 45.2 Å². The maximum Gasteiger partial charge on any atom is 0.150 e. The first-order chi connectivity index (χ1) is 13.4. The molecule has 4 atom stereocenters. The van der Waals surface area contributed by atoms with Crippen LogP contribution in [0.1, 0.15) is 63.0 Å². The molecule has 0 bridgehead atoms. The van der Waals surface area contributed by atoms with E-state index in [9.17, 15) is 4.79 Å². The Hall–Kier alpha value is -1.55. The SMILES string of the molecule is COc1ccc(C)cc1[C@@H]1CC(=O)[C@]2(C=C1C)C(SC)=N[C@]1(C)CCCC[C@H]21. The Morgan fingerprint density at radius 1 is 1.25 bits per heavy atom. The zero-order valence-electron chi connectivity index (χ0n) is 17.7. The number of carbonyl (C=O) groups excluding carboxylic acids is 1. The van der Waals surface area contributed by atoms with Gasteiger partial charge in [0.2, 0.25) is 0 Å². The number of fused-ring (bicyclic) bond motifs is 2. The van der Waals surface area contributed by atoms with Crippen LogP contribution in [0, 0.1) is 18.3 Å². The third kappa shape index (κ3) is 2.79. The third-order valence-electron chi connectivity index (χ3n) is 7.25. The van der Waals surface area contributed by atoms with Crippen LogP contribution >= 0.6 is 11.8 Å². The molecule has 150 valence electrons. The molecular formula is C24H31NO2S. The van der Waals surface area contributed by atoms with Gasteiger partial charge in [0.05, 0.1) is 17.7 Å². The van der Waals surface area contributed by atoms with Crippen LogP contribution in [0.3, 0.4) is 0 Å². The Labute approximate surface area is 173 Å². The predicted molar refractivity (Wildman–Crippen MR) is 118 cm³/mol. The molecule has 0 unspecified atom stereocenters. The minimum atomic E-state index is -0.508. The Kier molecular flexibility index (Phi) is 4.97. The van der Waals surface area contributed by atoms with E-state index >= 15 is 0 Å². The molecule has 1 aliphatic heterocycles. The zero-order valence-corrected chi connectivity index (χ0v) is 18.5. The summed E-state index contributed by atoms with van der Waals surface area (Å²) in [7, 11) is 1.71. The van der Waals surface area contributed by atoms with Gasteiger partial charge in [0.15, 0.2) is 5.78 Å². The first-order valence-electron chi connectivity index (χ1n) is 10.4. The van der Waals surface area contributed by atoms with Crippen LogP contribution in [0.15, 0.2) is 34.8 Å². The first-order valence-corrected chi connectivity index (χ1v) is 11.6. The number of hydrogen-bond donors (Lipinski definition) is 0. The van der Waals surface area contributed by atoms with E-state index < -0.39 is 5.41 Å². The smallest absolute Gasteiger partial charge is 0.150 e. The number of Topliss-reactive ketones (excluding diaryl/α,β-unsaturated/α-hetero) is 1. The van der Waals surface area contributed by atoms with Gasteiger partial charge >= 0.3 is 0 Å². The summed E-state index contributed by atoms with van der Waals surface area (Å²) < 4.78 is 5.63. The number of nitrogens with zero attached hydrogens (tertiary/aromatic N) is 1. The van der Waals surface area contributed by atoms with Crippen LogP contribution in [-0.2, 0) is 4.79 Å². The van der Waals surface area contributed by atoms with Crippen molar-refractivity contribution in [2.24, 2.45) is 16.3 Å². The molecule has 4 rings (SSSR count). The number of methoxy groups -OCH3 is 1. The van der Waals surface area contributed by atoms with Crippen LogP contribution in [0.5, 0.6) is 5.75 Å². The van der Waals surface area contributed by atoms with Crippen molar-refractivity contribution in [3.05, 3.63) is 41.0 Å². The summed E-state index contributed by atoms with van der Waals surface area (Å²) in [6.07, 6.45) is 9.52. The topological polar surface area (TPSA) is 38.7 Å². The highest BCUT2D eigenvalue weighted by Gasteiger charge is 2.61. The van der Waals surface area contributed by atoms with Gasteiger partial charge in [-0.15, -0.1) is 11.8 Å². The number of carbonyl (C=O) groups is 1. The van der Waals surface area contributed by atoms with E-state index in [1.165, 1.54) is 24.0 Å². The molecule has 28 heavy (non-hydrogen) atoms. The van der Waals surface area contributed by atoms with E-state index in [0.29, 0.717) is 18.1 Å². The summed E-state index contributed by atoms with van der Waals surface area (Å²) in [5, 5.41) is 1.04. The molecule has 3 nitrogen and oxygen atoms in total. The number of thioether (sulfide) groups is 1. The molecule has 1 spiro atoms. The van der Waals surface area contributed by atoms with Crippen molar-refractivity contribution >= 4 is 22.6 Å². The molecule has 1 aromatic carbocycles. The van der Waals surface area contributed by atoms with Gasteiger partial charge in [-0.05, 0) is 45.9 Å². The van der Waals surface area contributed by atoms with Gasteiger partial charge < -0.3 is 4.74 Å². The highest BCUT2D eigenvalue weighted by atomic mass is 32.2. The van der Waals surface area contributed by atoms with Crippen molar-refractivity contribution in [1.29, 1.82) is 0 Å². The van der Waals surface area contributed by atoms with Gasteiger partial charge in [0.1, 0.15) is 11.2 Å². The summed E-state index contributed by atoms with van der Waals surface area (Å²) >= 11 is 1.68. The van der Waals surface area contributed by atoms with Crippen LogP contribution in [0.4, 0.5) is 0 Å². The van der Waals surface area contributed by atoms with Crippen LogP contribution in [-0.4, -0.2) is 29.7 Å². The van der Waals surface area contributed by atoms with Crippen molar-refractivity contribution < 1.29 is 9.53 Å². The summed E-state index contributed by atoms with van der Waals surface area (Å²) in [5.74, 6) is 1.61. The van der Waals surface area contributed by atoms with Crippen LogP contribution in [0.25, 0.3) is 0 Å². The molecule has 0 aromatic heterocycles. The van der Waals surface area contributed by atoms with Gasteiger partial charge in [0, 0.05) is 23.8 Å². The number of allylic oxidation sites excluding steroid dienone is 2. The number of rotatable bonds is 2. The second-order valence-corrected chi connectivity index (χ2v) is 9.75. The highest BCUT2D eigenvalue weighted by Crippen LogP contribution is 2.59. The van der Waals surface area contributed by atoms with E-state index in [0.717, 1.165) is 29.2 Å². The van der Waals surface area contributed by atoms with Gasteiger partial charge in [0.25, 0.3) is 0 Å². The average molecular weight is 398 g/mol. The lowest BCUT2D eigenvalue weighted by molar-refractivity contribution is -0.127. The predicted octanol–water partition coefficient (Wildman–Crippen LogP) is 5.72. The number of ether oxygens (including phenoxy) is 1. The Morgan fingerprint density at radius 2 is 2.04 bits per heavy atom. The van der Waals surface area contributed by atoms with Crippen molar-refractivity contribution in [2.75, 3.05) is 13.4 Å². The van der Waals surface area contributed by atoms with Crippen molar-refractivity contribution in [1.82, 2.24) is 0 Å². The van der Waals surface area contributed by atoms with Gasteiger partial charge in [-0.1, -0.05) is 42.2 Å². The van der Waals surface area contributed by atoms with Crippen LogP contribution < -0.4 is 4.74 Å². The second kappa shape index (κ2) is 7.05. The molecule has 2 aliphatic carbocycles. The van der Waals surface area contributed by atoms with Gasteiger partial charge in [-0.2, -0.15) is 0 Å². The summed E-state index contributed by atoms with van der Waals surface area (Å²) in [5.41, 5.74) is 3.01. The minimum absolute atomic E-state index is 0.0864. The van der Waals surface area contributed by atoms with E-state index in [-0.39, 0.29) is 11.5 Å². The van der Waals surface area contributed by atoms with Gasteiger partial charge in [-0.3, -0.25) is 9.79 Å². The molecule has 1 fully saturated rings. The molecule has 4 heteroatoms.